The van der Waals surface area contributed by atoms with Crippen molar-refractivity contribution in [3.8, 4) is 5.75 Å². The van der Waals surface area contributed by atoms with E-state index in [-0.39, 0.29) is 18.4 Å². The second-order valence-corrected chi connectivity index (χ2v) is 3.83. The number of hydrogen-bond acceptors (Lipinski definition) is 3. The summed E-state index contributed by atoms with van der Waals surface area (Å²) in [5.74, 6) is 0.305. The largest absolute Gasteiger partial charge is 0.496 e. The highest BCUT2D eigenvalue weighted by atomic mass is 35.5. The summed E-state index contributed by atoms with van der Waals surface area (Å²) in [6.45, 7) is 3.67. The second-order valence-electron chi connectivity index (χ2n) is 3.83. The number of anilines is 1. The number of nitrogens with zero attached hydrogens (tertiary/aromatic N) is 1. The van der Waals surface area contributed by atoms with Crippen molar-refractivity contribution >= 4 is 30.1 Å². The quantitative estimate of drug-likeness (QED) is 0.571. The lowest BCUT2D eigenvalue weighted by molar-refractivity contribution is 0.251. The number of nitrogens with one attached hydrogen (secondary N) is 2. The van der Waals surface area contributed by atoms with Crippen LogP contribution in [0.15, 0.2) is 12.1 Å². The van der Waals surface area contributed by atoms with E-state index < -0.39 is 6.03 Å². The minimum absolute atomic E-state index is 0. The molecule has 0 aliphatic carbocycles. The molecule has 0 atom stereocenters. The third-order valence-electron chi connectivity index (χ3n) is 2.68. The molecule has 19 heavy (non-hydrogen) atoms. The molecule has 0 radical (unpaired) electrons. The molecule has 4 N–H and O–H groups in total. The van der Waals surface area contributed by atoms with Gasteiger partial charge in [0.1, 0.15) is 5.75 Å². The van der Waals surface area contributed by atoms with Gasteiger partial charge in [0.25, 0.3) is 0 Å². The van der Waals surface area contributed by atoms with Gasteiger partial charge < -0.3 is 15.8 Å². The van der Waals surface area contributed by atoms with Gasteiger partial charge in [-0.3, -0.25) is 5.41 Å². The van der Waals surface area contributed by atoms with Gasteiger partial charge in [-0.1, -0.05) is 6.07 Å². The highest BCUT2D eigenvalue weighted by molar-refractivity contribution is 6.14. The fourth-order valence-electron chi connectivity index (χ4n) is 1.83. The summed E-state index contributed by atoms with van der Waals surface area (Å²) < 4.78 is 5.21. The molecule has 1 aromatic rings. The Bertz CT molecular complexity index is 491. The highest BCUT2D eigenvalue weighted by Gasteiger charge is 2.22. The molecule has 0 aliphatic rings. The molecular weight excluding hydrogens is 268 g/mol. The molecule has 0 unspecified atom stereocenters. The van der Waals surface area contributed by atoms with E-state index in [4.69, 9.17) is 15.9 Å². The number of amides is 2. The van der Waals surface area contributed by atoms with Gasteiger partial charge in [0.2, 0.25) is 5.96 Å². The third kappa shape index (κ3) is 3.29. The van der Waals surface area contributed by atoms with Crippen LogP contribution >= 0.6 is 12.4 Å². The standard InChI is InChI=1S/C12H18N4O2.ClH/c1-7-5-6-9(18-4)8(2)10(7)16(11(13)14)12(17)15-3;/h5-6H,1-4H3,(H3,13,14)(H,15,17);1H. The number of urea groups is 1. The number of rotatable bonds is 2. The molecule has 0 spiro atoms. The predicted molar refractivity (Wildman–Crippen MR) is 78.6 cm³/mol. The SMILES string of the molecule is CNC(=O)N(C(=N)N)c1c(C)ccc(OC)c1C.Cl. The van der Waals surface area contributed by atoms with E-state index in [1.54, 1.807) is 7.11 Å². The van der Waals surface area contributed by atoms with Crippen LogP contribution in [0.25, 0.3) is 0 Å². The van der Waals surface area contributed by atoms with Crippen LogP contribution in [0.2, 0.25) is 0 Å². The Balaban J connectivity index is 0.00000324. The lowest BCUT2D eigenvalue weighted by Gasteiger charge is -2.24. The molecule has 106 valence electrons. The van der Waals surface area contributed by atoms with Crippen LogP contribution in [0.3, 0.4) is 0 Å². The first-order valence-electron chi connectivity index (χ1n) is 5.44. The normalized spacial score (nSPS) is 9.26. The minimum Gasteiger partial charge on any atom is -0.496 e. The third-order valence-corrected chi connectivity index (χ3v) is 2.68. The van der Waals surface area contributed by atoms with Crippen LogP contribution in [0.5, 0.6) is 5.75 Å². The number of methoxy groups -OCH3 is 1. The summed E-state index contributed by atoms with van der Waals surface area (Å²) in [4.78, 5) is 12.9. The van der Waals surface area contributed by atoms with Crippen molar-refractivity contribution in [1.82, 2.24) is 5.32 Å². The Labute approximate surface area is 118 Å². The summed E-state index contributed by atoms with van der Waals surface area (Å²) in [5.41, 5.74) is 7.65. The maximum absolute atomic E-state index is 11.8. The van der Waals surface area contributed by atoms with Crippen molar-refractivity contribution in [2.75, 3.05) is 19.1 Å². The zero-order valence-corrected chi connectivity index (χ0v) is 12.2. The maximum atomic E-state index is 11.8. The summed E-state index contributed by atoms with van der Waals surface area (Å²) in [7, 11) is 3.04. The number of carbonyl (C=O) groups excluding carboxylic acids is 1. The van der Waals surface area contributed by atoms with Gasteiger partial charge in [0, 0.05) is 12.6 Å². The van der Waals surface area contributed by atoms with Crippen molar-refractivity contribution in [2.45, 2.75) is 13.8 Å². The number of ether oxygens (including phenoxy) is 1. The first kappa shape index (κ1) is 17.1. The van der Waals surface area contributed by atoms with Gasteiger partial charge in [-0.2, -0.15) is 0 Å². The smallest absolute Gasteiger partial charge is 0.328 e. The van der Waals surface area contributed by atoms with Gasteiger partial charge in [0.15, 0.2) is 0 Å². The number of hydrogen-bond donors (Lipinski definition) is 3. The fraction of sp³-hybridized carbons (Fsp3) is 0.333. The average Bonchev–Trinajstić information content (AvgIpc) is 2.33. The van der Waals surface area contributed by atoms with Crippen LogP contribution in [0.1, 0.15) is 11.1 Å². The van der Waals surface area contributed by atoms with Gasteiger partial charge in [-0.05, 0) is 25.5 Å². The van der Waals surface area contributed by atoms with Gasteiger partial charge in [-0.15, -0.1) is 12.4 Å². The molecule has 0 fully saturated rings. The molecule has 0 saturated heterocycles. The molecule has 0 heterocycles. The van der Waals surface area contributed by atoms with E-state index in [2.05, 4.69) is 5.32 Å². The van der Waals surface area contributed by atoms with E-state index in [1.807, 2.05) is 26.0 Å². The summed E-state index contributed by atoms with van der Waals surface area (Å²) in [6.07, 6.45) is 0. The number of nitrogens with two attached hydrogens (primary N) is 1. The van der Waals surface area contributed by atoms with Crippen LogP contribution < -0.4 is 20.7 Å². The lowest BCUT2D eigenvalue weighted by Crippen LogP contribution is -2.46. The summed E-state index contributed by atoms with van der Waals surface area (Å²) in [5, 5.41) is 10.0. The molecule has 7 heteroatoms. The number of aryl methyl sites for hydroxylation is 1. The molecule has 0 aliphatic heterocycles. The van der Waals surface area contributed by atoms with Gasteiger partial charge >= 0.3 is 6.03 Å². The van der Waals surface area contributed by atoms with E-state index in [9.17, 15) is 4.79 Å². The molecular formula is C12H19ClN4O2. The van der Waals surface area contributed by atoms with Crippen molar-refractivity contribution in [2.24, 2.45) is 5.73 Å². The maximum Gasteiger partial charge on any atom is 0.328 e. The predicted octanol–water partition coefficient (Wildman–Crippen LogP) is 1.77. The Morgan fingerprint density at radius 1 is 1.42 bits per heavy atom. The van der Waals surface area contributed by atoms with E-state index in [1.165, 1.54) is 7.05 Å². The Hall–Kier alpha value is -1.95. The van der Waals surface area contributed by atoms with Gasteiger partial charge in [0.05, 0.1) is 12.8 Å². The van der Waals surface area contributed by atoms with Gasteiger partial charge in [-0.25, -0.2) is 9.69 Å². The summed E-state index contributed by atoms with van der Waals surface area (Å²) >= 11 is 0. The monoisotopic (exact) mass is 286 g/mol. The number of guanidine groups is 1. The van der Waals surface area contributed by atoms with E-state index in [0.717, 1.165) is 16.0 Å². The summed E-state index contributed by atoms with van der Waals surface area (Å²) in [6, 6.07) is 3.18. The topological polar surface area (TPSA) is 91.4 Å². The van der Waals surface area contributed by atoms with Crippen LogP contribution in [0.4, 0.5) is 10.5 Å². The first-order chi connectivity index (χ1) is 8.43. The van der Waals surface area contributed by atoms with Crippen molar-refractivity contribution < 1.29 is 9.53 Å². The number of benzene rings is 1. The molecule has 2 amide bonds. The zero-order chi connectivity index (χ0) is 13.9. The molecule has 0 bridgehead atoms. The van der Waals surface area contributed by atoms with E-state index in [0.29, 0.717) is 11.4 Å². The van der Waals surface area contributed by atoms with E-state index >= 15 is 0 Å². The van der Waals surface area contributed by atoms with Crippen LogP contribution in [-0.4, -0.2) is 26.1 Å². The Kier molecular flexibility index (Phi) is 6.14. The number of halogens is 1. The number of carbonyl (C=O) groups is 1. The lowest BCUT2D eigenvalue weighted by atomic mass is 10.1. The van der Waals surface area contributed by atoms with Crippen molar-refractivity contribution in [3.63, 3.8) is 0 Å². The molecule has 1 aromatic carbocycles. The average molecular weight is 287 g/mol. The molecule has 0 aromatic heterocycles. The van der Waals surface area contributed by atoms with Crippen molar-refractivity contribution in [1.29, 1.82) is 5.41 Å². The minimum atomic E-state index is -0.457. The van der Waals surface area contributed by atoms with Crippen LogP contribution in [-0.2, 0) is 0 Å². The van der Waals surface area contributed by atoms with Crippen LogP contribution in [0, 0.1) is 19.3 Å². The molecule has 1 rings (SSSR count). The molecule has 6 nitrogen and oxygen atoms in total. The highest BCUT2D eigenvalue weighted by Crippen LogP contribution is 2.31. The second kappa shape index (κ2) is 6.84. The fourth-order valence-corrected chi connectivity index (χ4v) is 1.83. The Morgan fingerprint density at radius 3 is 2.42 bits per heavy atom. The molecule has 0 saturated carbocycles. The van der Waals surface area contributed by atoms with Crippen molar-refractivity contribution in [3.05, 3.63) is 23.3 Å². The Morgan fingerprint density at radius 2 is 2.00 bits per heavy atom. The first-order valence-corrected chi connectivity index (χ1v) is 5.44. The zero-order valence-electron chi connectivity index (χ0n) is 11.4.